The molecule has 4 heteroatoms. The number of aliphatic hydroxyl groups excluding tert-OH is 1. The lowest BCUT2D eigenvalue weighted by atomic mass is 10.0. The third kappa shape index (κ3) is 4.87. The van der Waals surface area contributed by atoms with Crippen molar-refractivity contribution >= 4 is 5.96 Å². The summed E-state index contributed by atoms with van der Waals surface area (Å²) < 4.78 is 0. The summed E-state index contributed by atoms with van der Waals surface area (Å²) >= 11 is 0. The van der Waals surface area contributed by atoms with Gasteiger partial charge in [-0.1, -0.05) is 30.3 Å². The molecule has 0 aliphatic rings. The molecule has 0 heterocycles. The number of nitrogens with zero attached hydrogens (tertiary/aromatic N) is 1. The molecule has 4 nitrogen and oxygen atoms in total. The quantitative estimate of drug-likeness (QED) is 0.528. The number of aliphatic hydroxyl groups is 1. The molecule has 1 aromatic carbocycles. The molecule has 0 saturated carbocycles. The predicted molar refractivity (Wildman–Crippen MR) is 71.0 cm³/mol. The zero-order valence-corrected chi connectivity index (χ0v) is 10.4. The van der Waals surface area contributed by atoms with Crippen LogP contribution in [0.1, 0.15) is 25.3 Å². The van der Waals surface area contributed by atoms with Crippen LogP contribution in [0.2, 0.25) is 0 Å². The highest BCUT2D eigenvalue weighted by molar-refractivity contribution is 5.78. The molecule has 0 bridgehead atoms. The van der Waals surface area contributed by atoms with Crippen LogP contribution < -0.4 is 11.1 Å². The fourth-order valence-corrected chi connectivity index (χ4v) is 1.54. The molecule has 0 fully saturated rings. The minimum absolute atomic E-state index is 0.00344. The standard InChI is InChI=1S/C13H21N3O/c1-10(2)16-13(14)15-8-12(9-17)11-6-4-3-5-7-11/h3-7,10,12,17H,8-9H2,1-2H3,(H3,14,15,16). The number of hydrogen-bond donors (Lipinski definition) is 3. The lowest BCUT2D eigenvalue weighted by molar-refractivity contribution is 0.268. The van der Waals surface area contributed by atoms with Gasteiger partial charge in [0.1, 0.15) is 0 Å². The number of hydrogen-bond acceptors (Lipinski definition) is 2. The molecule has 0 saturated heterocycles. The summed E-state index contributed by atoms with van der Waals surface area (Å²) in [7, 11) is 0. The first-order valence-corrected chi connectivity index (χ1v) is 5.85. The van der Waals surface area contributed by atoms with E-state index >= 15 is 0 Å². The first kappa shape index (κ1) is 13.5. The van der Waals surface area contributed by atoms with Crippen LogP contribution in [0.25, 0.3) is 0 Å². The average Bonchev–Trinajstić information content (AvgIpc) is 2.30. The predicted octanol–water partition coefficient (Wildman–Crippen LogP) is 1.08. The van der Waals surface area contributed by atoms with Gasteiger partial charge in [-0.2, -0.15) is 0 Å². The molecule has 17 heavy (non-hydrogen) atoms. The minimum Gasteiger partial charge on any atom is -0.396 e. The van der Waals surface area contributed by atoms with Gasteiger partial charge in [0, 0.05) is 12.0 Å². The molecular formula is C13H21N3O. The van der Waals surface area contributed by atoms with Gasteiger partial charge >= 0.3 is 0 Å². The highest BCUT2D eigenvalue weighted by Crippen LogP contribution is 2.14. The molecule has 0 aliphatic heterocycles. The van der Waals surface area contributed by atoms with Gasteiger partial charge in [0.2, 0.25) is 0 Å². The van der Waals surface area contributed by atoms with Gasteiger partial charge in [-0.15, -0.1) is 0 Å². The Kier molecular flexibility index (Phi) is 5.49. The maximum atomic E-state index is 9.34. The Balaban J connectivity index is 2.59. The molecule has 94 valence electrons. The third-order valence-electron chi connectivity index (χ3n) is 2.41. The summed E-state index contributed by atoms with van der Waals surface area (Å²) in [6, 6.07) is 10.1. The normalized spacial score (nSPS) is 13.8. The van der Waals surface area contributed by atoms with E-state index < -0.39 is 0 Å². The van der Waals surface area contributed by atoms with Crippen LogP contribution in [0.15, 0.2) is 35.3 Å². The summed E-state index contributed by atoms with van der Waals surface area (Å²) in [6.07, 6.45) is 0. The Bertz CT molecular complexity index is 349. The van der Waals surface area contributed by atoms with E-state index in [0.29, 0.717) is 12.5 Å². The SMILES string of the molecule is CC(C)NC(N)=NCC(CO)c1ccccc1. The lowest BCUT2D eigenvalue weighted by Crippen LogP contribution is -2.37. The van der Waals surface area contributed by atoms with Crippen molar-refractivity contribution in [1.82, 2.24) is 5.32 Å². The van der Waals surface area contributed by atoms with Gasteiger partial charge in [0.15, 0.2) is 5.96 Å². The summed E-state index contributed by atoms with van der Waals surface area (Å²) in [5.74, 6) is 0.429. The van der Waals surface area contributed by atoms with Crippen molar-refractivity contribution in [2.45, 2.75) is 25.8 Å². The van der Waals surface area contributed by atoms with E-state index in [1.165, 1.54) is 0 Å². The number of aliphatic imine (C=N–C) groups is 1. The van der Waals surface area contributed by atoms with Gasteiger partial charge in [-0.05, 0) is 19.4 Å². The molecule has 0 radical (unpaired) electrons. The first-order chi connectivity index (χ1) is 8.13. The maximum Gasteiger partial charge on any atom is 0.188 e. The Hall–Kier alpha value is -1.55. The van der Waals surface area contributed by atoms with E-state index in [-0.39, 0.29) is 18.6 Å². The molecule has 1 rings (SSSR count). The van der Waals surface area contributed by atoms with Crippen molar-refractivity contribution in [2.75, 3.05) is 13.2 Å². The number of nitrogens with one attached hydrogen (secondary N) is 1. The van der Waals surface area contributed by atoms with Crippen molar-refractivity contribution in [3.63, 3.8) is 0 Å². The molecule has 4 N–H and O–H groups in total. The second kappa shape index (κ2) is 6.91. The fourth-order valence-electron chi connectivity index (χ4n) is 1.54. The van der Waals surface area contributed by atoms with E-state index in [9.17, 15) is 5.11 Å². The van der Waals surface area contributed by atoms with Crippen molar-refractivity contribution < 1.29 is 5.11 Å². The van der Waals surface area contributed by atoms with E-state index in [4.69, 9.17) is 5.73 Å². The minimum atomic E-state index is 0.00344. The Morgan fingerprint density at radius 1 is 1.35 bits per heavy atom. The Labute approximate surface area is 103 Å². The van der Waals surface area contributed by atoms with Crippen molar-refractivity contribution in [1.29, 1.82) is 0 Å². The van der Waals surface area contributed by atoms with Gasteiger partial charge in [-0.25, -0.2) is 0 Å². The Morgan fingerprint density at radius 2 is 2.00 bits per heavy atom. The van der Waals surface area contributed by atoms with E-state index in [2.05, 4.69) is 10.3 Å². The van der Waals surface area contributed by atoms with Gasteiger partial charge in [0.25, 0.3) is 0 Å². The molecule has 1 atom stereocenters. The molecule has 1 unspecified atom stereocenters. The maximum absolute atomic E-state index is 9.34. The molecule has 0 spiro atoms. The summed E-state index contributed by atoms with van der Waals surface area (Å²) in [6.45, 7) is 4.57. The number of nitrogens with two attached hydrogens (primary N) is 1. The highest BCUT2D eigenvalue weighted by atomic mass is 16.3. The smallest absolute Gasteiger partial charge is 0.188 e. The zero-order chi connectivity index (χ0) is 12.7. The van der Waals surface area contributed by atoms with Crippen LogP contribution in [-0.4, -0.2) is 30.3 Å². The molecule has 0 amide bonds. The summed E-state index contributed by atoms with van der Waals surface area (Å²) in [4.78, 5) is 4.24. The lowest BCUT2D eigenvalue weighted by Gasteiger charge is -2.13. The summed E-state index contributed by atoms with van der Waals surface area (Å²) in [5.41, 5.74) is 6.79. The van der Waals surface area contributed by atoms with Crippen LogP contribution in [0.5, 0.6) is 0 Å². The second-order valence-corrected chi connectivity index (χ2v) is 4.32. The number of guanidine groups is 1. The highest BCUT2D eigenvalue weighted by Gasteiger charge is 2.09. The first-order valence-electron chi connectivity index (χ1n) is 5.85. The Morgan fingerprint density at radius 3 is 2.53 bits per heavy atom. The van der Waals surface area contributed by atoms with Crippen molar-refractivity contribution in [3.8, 4) is 0 Å². The van der Waals surface area contributed by atoms with Crippen LogP contribution in [0, 0.1) is 0 Å². The fraction of sp³-hybridized carbons (Fsp3) is 0.462. The van der Waals surface area contributed by atoms with Crippen LogP contribution in [0.3, 0.4) is 0 Å². The number of rotatable bonds is 5. The van der Waals surface area contributed by atoms with Gasteiger partial charge in [0.05, 0.1) is 13.2 Å². The molecule has 1 aromatic rings. The average molecular weight is 235 g/mol. The number of benzene rings is 1. The van der Waals surface area contributed by atoms with Crippen LogP contribution in [-0.2, 0) is 0 Å². The largest absolute Gasteiger partial charge is 0.396 e. The van der Waals surface area contributed by atoms with Crippen molar-refractivity contribution in [2.24, 2.45) is 10.7 Å². The monoisotopic (exact) mass is 235 g/mol. The second-order valence-electron chi connectivity index (χ2n) is 4.32. The van der Waals surface area contributed by atoms with Crippen molar-refractivity contribution in [3.05, 3.63) is 35.9 Å². The summed E-state index contributed by atoms with van der Waals surface area (Å²) in [5, 5.41) is 12.4. The third-order valence-corrected chi connectivity index (χ3v) is 2.41. The van der Waals surface area contributed by atoms with Crippen LogP contribution in [0.4, 0.5) is 0 Å². The van der Waals surface area contributed by atoms with E-state index in [1.807, 2.05) is 44.2 Å². The molecule has 0 aliphatic carbocycles. The molecular weight excluding hydrogens is 214 g/mol. The van der Waals surface area contributed by atoms with Crippen LogP contribution >= 0.6 is 0 Å². The topological polar surface area (TPSA) is 70.6 Å². The van der Waals surface area contributed by atoms with Gasteiger partial charge < -0.3 is 16.2 Å². The van der Waals surface area contributed by atoms with E-state index in [1.54, 1.807) is 0 Å². The van der Waals surface area contributed by atoms with Gasteiger partial charge in [-0.3, -0.25) is 4.99 Å². The molecule has 0 aromatic heterocycles. The zero-order valence-electron chi connectivity index (χ0n) is 10.4. The van der Waals surface area contributed by atoms with E-state index in [0.717, 1.165) is 5.56 Å².